The molecule has 1 saturated heterocycles. The van der Waals surface area contributed by atoms with Crippen molar-refractivity contribution in [2.45, 2.75) is 31.9 Å². The molecule has 5 nitrogen and oxygen atoms in total. The van der Waals surface area contributed by atoms with E-state index < -0.39 is 12.2 Å². The largest absolute Gasteiger partial charge is 0.436 e. The van der Waals surface area contributed by atoms with Gasteiger partial charge in [-0.15, -0.1) is 0 Å². The second-order valence-corrected chi connectivity index (χ2v) is 3.50. The van der Waals surface area contributed by atoms with Gasteiger partial charge in [0.1, 0.15) is 0 Å². The fourth-order valence-corrected chi connectivity index (χ4v) is 1.26. The first-order valence-corrected chi connectivity index (χ1v) is 3.69. The highest BCUT2D eigenvalue weighted by atomic mass is 16.6. The SMILES string of the molecule is CC1(C)CC(OC(N)=O)C(=O)N1. The molecule has 12 heavy (non-hydrogen) atoms. The minimum Gasteiger partial charge on any atom is -0.436 e. The van der Waals surface area contributed by atoms with Crippen LogP contribution in [0.25, 0.3) is 0 Å². The summed E-state index contributed by atoms with van der Waals surface area (Å²) in [5.74, 6) is -0.279. The minimum absolute atomic E-state index is 0.279. The predicted molar refractivity (Wildman–Crippen MR) is 41.3 cm³/mol. The Morgan fingerprint density at radius 1 is 1.75 bits per heavy atom. The second-order valence-electron chi connectivity index (χ2n) is 3.50. The number of hydrogen-bond donors (Lipinski definition) is 2. The number of ether oxygens (including phenoxy) is 1. The molecule has 1 rings (SSSR count). The zero-order valence-corrected chi connectivity index (χ0v) is 7.09. The van der Waals surface area contributed by atoms with Gasteiger partial charge in [-0.1, -0.05) is 0 Å². The molecule has 3 N–H and O–H groups in total. The summed E-state index contributed by atoms with van der Waals surface area (Å²) in [5.41, 5.74) is 4.47. The van der Waals surface area contributed by atoms with Crippen molar-refractivity contribution < 1.29 is 14.3 Å². The van der Waals surface area contributed by atoms with E-state index in [-0.39, 0.29) is 11.4 Å². The topological polar surface area (TPSA) is 81.4 Å². The summed E-state index contributed by atoms with van der Waals surface area (Å²) in [6, 6.07) is 0. The molecule has 1 unspecified atom stereocenters. The van der Waals surface area contributed by atoms with E-state index in [0.29, 0.717) is 6.42 Å². The zero-order valence-electron chi connectivity index (χ0n) is 7.09. The lowest BCUT2D eigenvalue weighted by Crippen LogP contribution is -2.35. The van der Waals surface area contributed by atoms with Crippen molar-refractivity contribution in [3.8, 4) is 0 Å². The van der Waals surface area contributed by atoms with Gasteiger partial charge in [0.2, 0.25) is 0 Å². The third-order valence-electron chi connectivity index (χ3n) is 1.71. The first-order valence-electron chi connectivity index (χ1n) is 3.69. The number of nitrogens with two attached hydrogens (primary N) is 1. The van der Waals surface area contributed by atoms with Crippen LogP contribution < -0.4 is 11.1 Å². The smallest absolute Gasteiger partial charge is 0.405 e. The molecular formula is C7H12N2O3. The Morgan fingerprint density at radius 3 is 2.67 bits per heavy atom. The van der Waals surface area contributed by atoms with Gasteiger partial charge in [0.15, 0.2) is 6.10 Å². The summed E-state index contributed by atoms with van der Waals surface area (Å²) in [7, 11) is 0. The molecule has 1 aliphatic heterocycles. The molecule has 68 valence electrons. The number of carbonyl (C=O) groups is 2. The molecular weight excluding hydrogens is 160 g/mol. The Morgan fingerprint density at radius 2 is 2.33 bits per heavy atom. The molecule has 0 aromatic carbocycles. The normalized spacial score (nSPS) is 26.5. The van der Waals surface area contributed by atoms with Gasteiger partial charge in [-0.3, -0.25) is 4.79 Å². The van der Waals surface area contributed by atoms with E-state index in [4.69, 9.17) is 5.73 Å². The summed E-state index contributed by atoms with van der Waals surface area (Å²) in [5, 5.41) is 2.68. The Labute approximate surface area is 70.2 Å². The zero-order chi connectivity index (χ0) is 9.35. The number of amides is 2. The third-order valence-corrected chi connectivity index (χ3v) is 1.71. The van der Waals surface area contributed by atoms with Gasteiger partial charge in [-0.05, 0) is 13.8 Å². The van der Waals surface area contributed by atoms with Crippen molar-refractivity contribution in [3.63, 3.8) is 0 Å². The fourth-order valence-electron chi connectivity index (χ4n) is 1.26. The molecule has 0 aromatic heterocycles. The average Bonchev–Trinajstić information content (AvgIpc) is 2.03. The van der Waals surface area contributed by atoms with E-state index in [1.54, 1.807) is 0 Å². The quantitative estimate of drug-likeness (QED) is 0.572. The third kappa shape index (κ3) is 1.87. The van der Waals surface area contributed by atoms with Gasteiger partial charge >= 0.3 is 6.09 Å². The average molecular weight is 172 g/mol. The van der Waals surface area contributed by atoms with E-state index in [0.717, 1.165) is 0 Å². The van der Waals surface area contributed by atoms with E-state index in [9.17, 15) is 9.59 Å². The van der Waals surface area contributed by atoms with Crippen molar-refractivity contribution in [3.05, 3.63) is 0 Å². The maximum absolute atomic E-state index is 11.1. The van der Waals surface area contributed by atoms with E-state index >= 15 is 0 Å². The molecule has 0 saturated carbocycles. The van der Waals surface area contributed by atoms with Crippen LogP contribution in [-0.2, 0) is 9.53 Å². The summed E-state index contributed by atoms with van der Waals surface area (Å²) in [6.07, 6.45) is -1.17. The number of carbonyl (C=O) groups excluding carboxylic acids is 2. The summed E-state index contributed by atoms with van der Waals surface area (Å²) < 4.78 is 4.59. The molecule has 1 aliphatic rings. The lowest BCUT2D eigenvalue weighted by molar-refractivity contribution is -0.126. The molecule has 0 bridgehead atoms. The van der Waals surface area contributed by atoms with Crippen molar-refractivity contribution in [2.75, 3.05) is 0 Å². The number of primary amides is 1. The van der Waals surface area contributed by atoms with E-state index in [2.05, 4.69) is 10.1 Å². The Kier molecular flexibility index (Phi) is 1.95. The molecule has 0 spiro atoms. The van der Waals surface area contributed by atoms with Crippen molar-refractivity contribution in [1.29, 1.82) is 0 Å². The van der Waals surface area contributed by atoms with E-state index in [1.807, 2.05) is 13.8 Å². The van der Waals surface area contributed by atoms with Crippen molar-refractivity contribution in [2.24, 2.45) is 5.73 Å². The molecule has 2 amide bonds. The second kappa shape index (κ2) is 2.66. The van der Waals surface area contributed by atoms with E-state index in [1.165, 1.54) is 0 Å². The number of nitrogens with one attached hydrogen (secondary N) is 1. The van der Waals surface area contributed by atoms with Gasteiger partial charge < -0.3 is 15.8 Å². The van der Waals surface area contributed by atoms with Crippen molar-refractivity contribution in [1.82, 2.24) is 5.32 Å². The Balaban J connectivity index is 2.58. The van der Waals surface area contributed by atoms with Gasteiger partial charge in [0.25, 0.3) is 5.91 Å². The summed E-state index contributed by atoms with van der Waals surface area (Å²) in [6.45, 7) is 3.71. The molecule has 5 heteroatoms. The van der Waals surface area contributed by atoms with Gasteiger partial charge in [-0.2, -0.15) is 0 Å². The van der Waals surface area contributed by atoms with Gasteiger partial charge in [0, 0.05) is 12.0 Å². The summed E-state index contributed by atoms with van der Waals surface area (Å²) in [4.78, 5) is 21.4. The van der Waals surface area contributed by atoms with Crippen LogP contribution in [-0.4, -0.2) is 23.6 Å². The highest BCUT2D eigenvalue weighted by molar-refractivity contribution is 5.86. The Bertz CT molecular complexity index is 225. The lowest BCUT2D eigenvalue weighted by Gasteiger charge is -2.15. The van der Waals surface area contributed by atoms with Crippen LogP contribution in [0.3, 0.4) is 0 Å². The fraction of sp³-hybridized carbons (Fsp3) is 0.714. The van der Waals surface area contributed by atoms with Crippen LogP contribution in [0, 0.1) is 0 Å². The van der Waals surface area contributed by atoms with Gasteiger partial charge in [0.05, 0.1) is 0 Å². The van der Waals surface area contributed by atoms with Crippen LogP contribution in [0.15, 0.2) is 0 Å². The number of rotatable bonds is 1. The standard InChI is InChI=1S/C7H12N2O3/c1-7(2)3-4(5(10)9-7)12-6(8)11/h4H,3H2,1-2H3,(H2,8,11)(H,9,10). The molecule has 0 aliphatic carbocycles. The maximum Gasteiger partial charge on any atom is 0.405 e. The monoisotopic (exact) mass is 172 g/mol. The molecule has 0 aromatic rings. The Hall–Kier alpha value is -1.26. The molecule has 1 atom stereocenters. The molecule has 1 heterocycles. The predicted octanol–water partition coefficient (Wildman–Crippen LogP) is -0.251. The molecule has 0 radical (unpaired) electrons. The minimum atomic E-state index is -0.909. The van der Waals surface area contributed by atoms with Crippen LogP contribution in [0.5, 0.6) is 0 Å². The number of hydrogen-bond acceptors (Lipinski definition) is 3. The van der Waals surface area contributed by atoms with Crippen LogP contribution in [0.1, 0.15) is 20.3 Å². The highest BCUT2D eigenvalue weighted by Gasteiger charge is 2.39. The summed E-state index contributed by atoms with van der Waals surface area (Å²) >= 11 is 0. The van der Waals surface area contributed by atoms with Crippen LogP contribution >= 0.6 is 0 Å². The van der Waals surface area contributed by atoms with Crippen LogP contribution in [0.2, 0.25) is 0 Å². The highest BCUT2D eigenvalue weighted by Crippen LogP contribution is 2.20. The van der Waals surface area contributed by atoms with Crippen LogP contribution in [0.4, 0.5) is 4.79 Å². The first kappa shape index (κ1) is 8.83. The van der Waals surface area contributed by atoms with Gasteiger partial charge in [-0.25, -0.2) is 4.79 Å². The lowest BCUT2D eigenvalue weighted by atomic mass is 10.0. The maximum atomic E-state index is 11.1. The molecule has 1 fully saturated rings. The first-order chi connectivity index (χ1) is 5.41. The van der Waals surface area contributed by atoms with Crippen molar-refractivity contribution >= 4 is 12.0 Å².